The normalized spacial score (nSPS) is 23.0. The molecule has 3 aliphatic rings. The highest BCUT2D eigenvalue weighted by molar-refractivity contribution is 5.86. The maximum atomic E-state index is 13.5. The molecule has 0 aliphatic carbocycles. The van der Waals surface area contributed by atoms with E-state index in [1.54, 1.807) is 4.90 Å². The van der Waals surface area contributed by atoms with Crippen LogP contribution in [0.5, 0.6) is 5.75 Å². The standard InChI is InChI=1S/C29H41N3O5/c1-3-22(4-2)29(35)32-20-25-8-5-6-10-26(25)37-15-7-9-24-19-31(28(34)21-32)12-11-23(24)18-27(33)30-13-16-36-17-14-30/h5-10,22-24H,3-4,11-21H2,1-2H3/t23-,24-/m0/s1. The number of benzene rings is 1. The Kier molecular flexibility index (Phi) is 9.61. The zero-order valence-electron chi connectivity index (χ0n) is 22.3. The van der Waals surface area contributed by atoms with Crippen molar-refractivity contribution < 1.29 is 23.9 Å². The minimum absolute atomic E-state index is 0.0173. The zero-order valence-corrected chi connectivity index (χ0v) is 22.3. The number of carbonyl (C=O) groups is 3. The van der Waals surface area contributed by atoms with Gasteiger partial charge in [0.1, 0.15) is 18.9 Å². The summed E-state index contributed by atoms with van der Waals surface area (Å²) in [4.78, 5) is 45.4. The molecule has 0 unspecified atom stereocenters. The van der Waals surface area contributed by atoms with Crippen molar-refractivity contribution in [1.29, 1.82) is 0 Å². The van der Waals surface area contributed by atoms with Crippen molar-refractivity contribution in [3.8, 4) is 5.75 Å². The fourth-order valence-electron chi connectivity index (χ4n) is 5.61. The lowest BCUT2D eigenvalue weighted by Crippen LogP contribution is -2.49. The molecular weight excluding hydrogens is 470 g/mol. The topological polar surface area (TPSA) is 79.4 Å². The molecule has 37 heavy (non-hydrogen) atoms. The van der Waals surface area contributed by atoms with Crippen LogP contribution in [0.3, 0.4) is 0 Å². The molecule has 3 aliphatic heterocycles. The number of para-hydroxylation sites is 1. The largest absolute Gasteiger partial charge is 0.489 e. The number of morpholine rings is 1. The van der Waals surface area contributed by atoms with E-state index in [-0.39, 0.29) is 42.0 Å². The van der Waals surface area contributed by atoms with E-state index in [0.717, 1.165) is 30.6 Å². The Bertz CT molecular complexity index is 970. The number of amides is 3. The summed E-state index contributed by atoms with van der Waals surface area (Å²) in [6.07, 6.45) is 6.84. The third-order valence-electron chi connectivity index (χ3n) is 7.98. The van der Waals surface area contributed by atoms with Crippen LogP contribution in [0.15, 0.2) is 36.4 Å². The summed E-state index contributed by atoms with van der Waals surface area (Å²) in [5, 5.41) is 0. The van der Waals surface area contributed by atoms with Gasteiger partial charge in [0, 0.05) is 50.6 Å². The van der Waals surface area contributed by atoms with Crippen LogP contribution in [0, 0.1) is 17.8 Å². The first-order valence-electron chi connectivity index (χ1n) is 13.8. The van der Waals surface area contributed by atoms with Gasteiger partial charge < -0.3 is 24.2 Å². The van der Waals surface area contributed by atoms with Crippen LogP contribution in [-0.4, -0.2) is 85.0 Å². The van der Waals surface area contributed by atoms with Crippen LogP contribution in [0.4, 0.5) is 0 Å². The summed E-state index contributed by atoms with van der Waals surface area (Å²) >= 11 is 0. The van der Waals surface area contributed by atoms with Gasteiger partial charge in [-0.05, 0) is 37.2 Å². The number of fused-ring (bicyclic) bond motifs is 3. The van der Waals surface area contributed by atoms with Gasteiger partial charge in [-0.1, -0.05) is 44.2 Å². The third kappa shape index (κ3) is 6.92. The first-order valence-corrected chi connectivity index (χ1v) is 13.8. The molecule has 0 N–H and O–H groups in total. The lowest BCUT2D eigenvalue weighted by Gasteiger charge is -2.39. The van der Waals surface area contributed by atoms with Crippen molar-refractivity contribution in [3.05, 3.63) is 42.0 Å². The van der Waals surface area contributed by atoms with E-state index in [2.05, 4.69) is 6.08 Å². The number of ether oxygens (including phenoxy) is 2. The van der Waals surface area contributed by atoms with E-state index in [1.807, 2.05) is 54.0 Å². The highest BCUT2D eigenvalue weighted by Gasteiger charge is 2.34. The Labute approximate surface area is 220 Å². The lowest BCUT2D eigenvalue weighted by atomic mass is 9.82. The first-order chi connectivity index (χ1) is 18.0. The molecule has 8 heteroatoms. The summed E-state index contributed by atoms with van der Waals surface area (Å²) < 4.78 is 11.5. The Morgan fingerprint density at radius 2 is 1.78 bits per heavy atom. The van der Waals surface area contributed by atoms with Crippen molar-refractivity contribution in [2.24, 2.45) is 17.8 Å². The molecule has 4 rings (SSSR count). The summed E-state index contributed by atoms with van der Waals surface area (Å²) in [6, 6.07) is 7.73. The molecule has 2 fully saturated rings. The fourth-order valence-corrected chi connectivity index (χ4v) is 5.61. The predicted molar refractivity (Wildman–Crippen MR) is 141 cm³/mol. The molecule has 0 saturated carbocycles. The van der Waals surface area contributed by atoms with Crippen molar-refractivity contribution >= 4 is 17.7 Å². The van der Waals surface area contributed by atoms with Crippen molar-refractivity contribution in [2.45, 2.75) is 46.1 Å². The van der Waals surface area contributed by atoms with Gasteiger partial charge in [-0.15, -0.1) is 0 Å². The molecule has 3 heterocycles. The van der Waals surface area contributed by atoms with Crippen LogP contribution >= 0.6 is 0 Å². The molecule has 202 valence electrons. The van der Waals surface area contributed by atoms with Gasteiger partial charge in [0.2, 0.25) is 17.7 Å². The molecule has 2 bridgehead atoms. The van der Waals surface area contributed by atoms with Gasteiger partial charge in [0.15, 0.2) is 0 Å². The monoisotopic (exact) mass is 511 g/mol. The smallest absolute Gasteiger partial charge is 0.242 e. The average molecular weight is 512 g/mol. The SMILES string of the molecule is CCC(CC)C(=O)N1CC(=O)N2CC[C@@H](CC(=O)N3CCOCC3)[C@@H](C=CCOc3ccccc3C1)C2. The van der Waals surface area contributed by atoms with E-state index >= 15 is 0 Å². The fraction of sp³-hybridized carbons (Fsp3) is 0.621. The van der Waals surface area contributed by atoms with Crippen LogP contribution in [0.1, 0.15) is 45.1 Å². The molecule has 3 amide bonds. The van der Waals surface area contributed by atoms with E-state index in [9.17, 15) is 14.4 Å². The average Bonchev–Trinajstić information content (AvgIpc) is 2.93. The Morgan fingerprint density at radius 1 is 1.03 bits per heavy atom. The summed E-state index contributed by atoms with van der Waals surface area (Å²) in [6.45, 7) is 8.45. The second-order valence-corrected chi connectivity index (χ2v) is 10.3. The highest BCUT2D eigenvalue weighted by atomic mass is 16.5. The quantitative estimate of drug-likeness (QED) is 0.568. The Morgan fingerprint density at radius 3 is 2.54 bits per heavy atom. The summed E-state index contributed by atoms with van der Waals surface area (Å²) in [7, 11) is 0. The molecule has 2 saturated heterocycles. The van der Waals surface area contributed by atoms with Crippen LogP contribution in [0.2, 0.25) is 0 Å². The van der Waals surface area contributed by atoms with Gasteiger partial charge in [0.05, 0.1) is 13.2 Å². The summed E-state index contributed by atoms with van der Waals surface area (Å²) in [5.41, 5.74) is 0.897. The first kappa shape index (κ1) is 27.2. The number of nitrogens with zero attached hydrogens (tertiary/aromatic N) is 3. The number of hydrogen-bond acceptors (Lipinski definition) is 5. The van der Waals surface area contributed by atoms with Gasteiger partial charge >= 0.3 is 0 Å². The molecule has 1 aromatic rings. The Hall–Kier alpha value is -2.87. The van der Waals surface area contributed by atoms with E-state index in [0.29, 0.717) is 59.0 Å². The lowest BCUT2D eigenvalue weighted by molar-refractivity contribution is -0.145. The second kappa shape index (κ2) is 13.1. The van der Waals surface area contributed by atoms with Gasteiger partial charge in [-0.2, -0.15) is 0 Å². The van der Waals surface area contributed by atoms with Crippen LogP contribution in [-0.2, 0) is 25.7 Å². The van der Waals surface area contributed by atoms with E-state index in [1.165, 1.54) is 0 Å². The molecule has 2 atom stereocenters. The molecule has 0 radical (unpaired) electrons. The van der Waals surface area contributed by atoms with Crippen molar-refractivity contribution in [2.75, 3.05) is 52.5 Å². The predicted octanol–water partition coefficient (Wildman–Crippen LogP) is 3.11. The minimum Gasteiger partial charge on any atom is -0.489 e. The molecular formula is C29H41N3O5. The second-order valence-electron chi connectivity index (χ2n) is 10.3. The van der Waals surface area contributed by atoms with Gasteiger partial charge in [-0.25, -0.2) is 0 Å². The third-order valence-corrected chi connectivity index (χ3v) is 7.98. The van der Waals surface area contributed by atoms with Crippen LogP contribution < -0.4 is 4.74 Å². The van der Waals surface area contributed by atoms with Crippen molar-refractivity contribution in [3.63, 3.8) is 0 Å². The Balaban J connectivity index is 1.55. The number of rotatable bonds is 5. The molecule has 1 aromatic carbocycles. The molecule has 0 aromatic heterocycles. The minimum atomic E-state index is -0.108. The zero-order chi connectivity index (χ0) is 26.2. The summed E-state index contributed by atoms with van der Waals surface area (Å²) in [5.74, 6) is 0.987. The van der Waals surface area contributed by atoms with Crippen molar-refractivity contribution in [1.82, 2.24) is 14.7 Å². The number of piperidine rings is 1. The maximum absolute atomic E-state index is 13.5. The number of carbonyl (C=O) groups excluding carboxylic acids is 3. The van der Waals surface area contributed by atoms with E-state index < -0.39 is 0 Å². The highest BCUT2D eigenvalue weighted by Crippen LogP contribution is 2.30. The molecule has 0 spiro atoms. The molecule has 8 nitrogen and oxygen atoms in total. The van der Waals surface area contributed by atoms with Gasteiger partial charge in [-0.3, -0.25) is 14.4 Å². The van der Waals surface area contributed by atoms with Gasteiger partial charge in [0.25, 0.3) is 0 Å². The number of hydrogen-bond donors (Lipinski definition) is 0. The maximum Gasteiger partial charge on any atom is 0.242 e. The van der Waals surface area contributed by atoms with E-state index in [4.69, 9.17) is 9.47 Å². The van der Waals surface area contributed by atoms with Crippen LogP contribution in [0.25, 0.3) is 0 Å².